The number of piperidine rings is 1. The van der Waals surface area contributed by atoms with Crippen LogP contribution in [0.15, 0.2) is 18.5 Å². The van der Waals surface area contributed by atoms with Gasteiger partial charge in [-0.2, -0.15) is 0 Å². The number of aromatic nitrogens is 1. The summed E-state index contributed by atoms with van der Waals surface area (Å²) in [6, 6.07) is 1.38. The van der Waals surface area contributed by atoms with Gasteiger partial charge in [0, 0.05) is 32.3 Å². The Hall–Kier alpha value is -2.11. The minimum Gasteiger partial charge on any atom is -0.505 e. The SMILES string of the molecule is CN1CC(NC(=O)c2ccncc2O)CCC1=O. The number of rotatable bonds is 2. The van der Waals surface area contributed by atoms with Gasteiger partial charge in [0.15, 0.2) is 0 Å². The number of amides is 2. The number of nitrogens with zero attached hydrogens (tertiary/aromatic N) is 2. The summed E-state index contributed by atoms with van der Waals surface area (Å²) in [5, 5.41) is 12.3. The van der Waals surface area contributed by atoms with Gasteiger partial charge in [0.25, 0.3) is 5.91 Å². The molecule has 1 atom stereocenters. The number of carbonyl (C=O) groups is 2. The highest BCUT2D eigenvalue weighted by molar-refractivity contribution is 5.96. The lowest BCUT2D eigenvalue weighted by Gasteiger charge is -2.30. The Morgan fingerprint density at radius 1 is 1.61 bits per heavy atom. The minimum atomic E-state index is -0.345. The van der Waals surface area contributed by atoms with E-state index in [1.807, 2.05) is 0 Å². The van der Waals surface area contributed by atoms with E-state index >= 15 is 0 Å². The van der Waals surface area contributed by atoms with Crippen molar-refractivity contribution >= 4 is 11.8 Å². The smallest absolute Gasteiger partial charge is 0.255 e. The predicted molar refractivity (Wildman–Crippen MR) is 64.0 cm³/mol. The molecule has 2 rings (SSSR count). The van der Waals surface area contributed by atoms with Crippen LogP contribution in [0.25, 0.3) is 0 Å². The highest BCUT2D eigenvalue weighted by Crippen LogP contribution is 2.15. The van der Waals surface area contributed by atoms with Gasteiger partial charge in [0.05, 0.1) is 11.8 Å². The average Bonchev–Trinajstić information content (AvgIpc) is 2.34. The first-order chi connectivity index (χ1) is 8.58. The van der Waals surface area contributed by atoms with Gasteiger partial charge in [-0.05, 0) is 12.5 Å². The lowest BCUT2D eigenvalue weighted by molar-refractivity contribution is -0.132. The first-order valence-corrected chi connectivity index (χ1v) is 5.75. The number of aromatic hydroxyl groups is 1. The van der Waals surface area contributed by atoms with Gasteiger partial charge in [0.2, 0.25) is 5.91 Å². The van der Waals surface area contributed by atoms with E-state index < -0.39 is 0 Å². The molecule has 2 heterocycles. The number of likely N-dealkylation sites (tertiary alicyclic amines) is 1. The molecule has 2 amide bonds. The van der Waals surface area contributed by atoms with Crippen molar-refractivity contribution in [1.29, 1.82) is 0 Å². The van der Waals surface area contributed by atoms with Gasteiger partial charge in [-0.15, -0.1) is 0 Å². The molecule has 2 N–H and O–H groups in total. The first-order valence-electron chi connectivity index (χ1n) is 5.75. The van der Waals surface area contributed by atoms with Crippen LogP contribution in [0, 0.1) is 0 Å². The van der Waals surface area contributed by atoms with Crippen molar-refractivity contribution < 1.29 is 14.7 Å². The maximum atomic E-state index is 11.9. The molecule has 18 heavy (non-hydrogen) atoms. The van der Waals surface area contributed by atoms with E-state index in [2.05, 4.69) is 10.3 Å². The molecule has 1 aromatic rings. The topological polar surface area (TPSA) is 82.5 Å². The standard InChI is InChI=1S/C12H15N3O3/c1-15-7-8(2-3-11(15)17)14-12(18)9-4-5-13-6-10(9)16/h4-6,8,16H,2-3,7H2,1H3,(H,14,18). The first kappa shape index (κ1) is 12.3. The summed E-state index contributed by atoms with van der Waals surface area (Å²) in [7, 11) is 1.71. The van der Waals surface area contributed by atoms with Crippen molar-refractivity contribution in [2.45, 2.75) is 18.9 Å². The fourth-order valence-electron chi connectivity index (χ4n) is 1.97. The largest absolute Gasteiger partial charge is 0.505 e. The van der Waals surface area contributed by atoms with Crippen LogP contribution in [0.3, 0.4) is 0 Å². The zero-order valence-electron chi connectivity index (χ0n) is 10.1. The van der Waals surface area contributed by atoms with Gasteiger partial charge in [0.1, 0.15) is 5.75 Å². The molecule has 1 aromatic heterocycles. The number of carbonyl (C=O) groups excluding carboxylic acids is 2. The van der Waals surface area contributed by atoms with Crippen LogP contribution in [0.2, 0.25) is 0 Å². The van der Waals surface area contributed by atoms with Gasteiger partial charge >= 0.3 is 0 Å². The van der Waals surface area contributed by atoms with Gasteiger partial charge in [-0.25, -0.2) is 0 Å². The van der Waals surface area contributed by atoms with E-state index in [0.717, 1.165) is 0 Å². The van der Waals surface area contributed by atoms with Crippen LogP contribution in [0.4, 0.5) is 0 Å². The number of pyridine rings is 1. The second-order valence-electron chi connectivity index (χ2n) is 4.38. The molecule has 6 nitrogen and oxygen atoms in total. The van der Waals surface area contributed by atoms with E-state index in [0.29, 0.717) is 19.4 Å². The molecule has 96 valence electrons. The Labute approximate surface area is 105 Å². The van der Waals surface area contributed by atoms with Gasteiger partial charge in [-0.3, -0.25) is 14.6 Å². The van der Waals surface area contributed by atoms with Crippen molar-refractivity contribution in [1.82, 2.24) is 15.2 Å². The summed E-state index contributed by atoms with van der Waals surface area (Å²) < 4.78 is 0. The number of hydrogen-bond donors (Lipinski definition) is 2. The van der Waals surface area contributed by atoms with Crippen molar-refractivity contribution in [3.8, 4) is 5.75 Å². The highest BCUT2D eigenvalue weighted by atomic mass is 16.3. The van der Waals surface area contributed by atoms with Crippen molar-refractivity contribution in [2.75, 3.05) is 13.6 Å². The summed E-state index contributed by atoms with van der Waals surface area (Å²) in [4.78, 5) is 28.5. The Balaban J connectivity index is 2.00. The number of nitrogens with one attached hydrogen (secondary N) is 1. The van der Waals surface area contributed by atoms with Crippen molar-refractivity contribution in [3.63, 3.8) is 0 Å². The van der Waals surface area contributed by atoms with Gasteiger partial charge in [-0.1, -0.05) is 0 Å². The summed E-state index contributed by atoms with van der Waals surface area (Å²) in [5.41, 5.74) is 0.199. The van der Waals surface area contributed by atoms with Crippen molar-refractivity contribution in [3.05, 3.63) is 24.0 Å². The average molecular weight is 249 g/mol. The lowest BCUT2D eigenvalue weighted by atomic mass is 10.1. The normalized spacial score (nSPS) is 19.7. The molecule has 6 heteroatoms. The lowest BCUT2D eigenvalue weighted by Crippen LogP contribution is -2.48. The molecule has 1 unspecified atom stereocenters. The quantitative estimate of drug-likeness (QED) is 0.781. The second kappa shape index (κ2) is 5.03. The minimum absolute atomic E-state index is 0.0761. The molecule has 1 aliphatic rings. The Morgan fingerprint density at radius 2 is 2.39 bits per heavy atom. The van der Waals surface area contributed by atoms with Gasteiger partial charge < -0.3 is 15.3 Å². The molecule has 1 fully saturated rings. The van der Waals surface area contributed by atoms with E-state index in [-0.39, 0.29) is 29.2 Å². The zero-order valence-corrected chi connectivity index (χ0v) is 10.1. The van der Waals surface area contributed by atoms with E-state index in [1.54, 1.807) is 11.9 Å². The van der Waals surface area contributed by atoms with E-state index in [4.69, 9.17) is 0 Å². The van der Waals surface area contributed by atoms with E-state index in [1.165, 1.54) is 18.5 Å². The molecule has 0 radical (unpaired) electrons. The third kappa shape index (κ3) is 2.58. The van der Waals surface area contributed by atoms with Crippen LogP contribution in [-0.2, 0) is 4.79 Å². The maximum absolute atomic E-state index is 11.9. The predicted octanol–water partition coefficient (Wildman–Crippen LogP) is 0.138. The van der Waals surface area contributed by atoms with Crippen LogP contribution in [-0.4, -0.2) is 46.4 Å². The van der Waals surface area contributed by atoms with Crippen LogP contribution >= 0.6 is 0 Å². The summed E-state index contributed by atoms with van der Waals surface area (Å²) in [5.74, 6) is -0.398. The van der Waals surface area contributed by atoms with Crippen LogP contribution in [0.1, 0.15) is 23.2 Å². The molecule has 0 aromatic carbocycles. The molecule has 0 bridgehead atoms. The second-order valence-corrected chi connectivity index (χ2v) is 4.38. The zero-order chi connectivity index (χ0) is 13.1. The molecular formula is C12H15N3O3. The summed E-state index contributed by atoms with van der Waals surface area (Å²) in [6.45, 7) is 0.496. The third-order valence-corrected chi connectivity index (χ3v) is 3.01. The Kier molecular flexibility index (Phi) is 3.45. The Morgan fingerprint density at radius 3 is 3.06 bits per heavy atom. The number of likely N-dealkylation sites (N-methyl/N-ethyl adjacent to an activating group) is 1. The number of hydrogen-bond acceptors (Lipinski definition) is 4. The van der Waals surface area contributed by atoms with Crippen LogP contribution < -0.4 is 5.32 Å². The monoisotopic (exact) mass is 249 g/mol. The van der Waals surface area contributed by atoms with E-state index in [9.17, 15) is 14.7 Å². The van der Waals surface area contributed by atoms with Crippen LogP contribution in [0.5, 0.6) is 5.75 Å². The van der Waals surface area contributed by atoms with Crippen molar-refractivity contribution in [2.24, 2.45) is 0 Å². The third-order valence-electron chi connectivity index (χ3n) is 3.01. The summed E-state index contributed by atoms with van der Waals surface area (Å²) >= 11 is 0. The molecule has 0 aliphatic carbocycles. The molecule has 0 spiro atoms. The molecule has 0 saturated carbocycles. The fourth-order valence-corrected chi connectivity index (χ4v) is 1.97. The Bertz CT molecular complexity index is 475. The highest BCUT2D eigenvalue weighted by Gasteiger charge is 2.24. The molecule has 1 aliphatic heterocycles. The maximum Gasteiger partial charge on any atom is 0.255 e. The molecular weight excluding hydrogens is 234 g/mol. The fraction of sp³-hybridized carbons (Fsp3) is 0.417. The summed E-state index contributed by atoms with van der Waals surface area (Å²) in [6.07, 6.45) is 3.74. The molecule has 1 saturated heterocycles.